The number of ether oxygens (including phenoxy) is 3. The second kappa shape index (κ2) is 15.0. The Labute approximate surface area is 286 Å². The fourth-order valence-corrected chi connectivity index (χ4v) is 6.31. The van der Waals surface area contributed by atoms with Crippen LogP contribution in [0.1, 0.15) is 45.8 Å². The summed E-state index contributed by atoms with van der Waals surface area (Å²) < 4.78 is 28.3. The molecule has 5 rings (SSSR count). The number of nitrogens with one attached hydrogen (secondary N) is 1. The predicted molar refractivity (Wildman–Crippen MR) is 185 cm³/mol. The molecule has 0 atom stereocenters. The molecule has 0 bridgehead atoms. The lowest BCUT2D eigenvalue weighted by Gasteiger charge is -2.15. The van der Waals surface area contributed by atoms with E-state index in [0.717, 1.165) is 20.2 Å². The Balaban J connectivity index is 1.16. The van der Waals surface area contributed by atoms with Gasteiger partial charge < -0.3 is 23.2 Å². The molecule has 3 aromatic carbocycles. The number of carbonyl (C=O) groups excluding carboxylic acids is 1. The van der Waals surface area contributed by atoms with E-state index in [9.17, 15) is 4.79 Å². The van der Waals surface area contributed by atoms with Gasteiger partial charge in [0.2, 0.25) is 0 Å². The molecule has 0 unspecified atom stereocenters. The summed E-state index contributed by atoms with van der Waals surface area (Å²) in [5.74, 6) is 1.97. The molecule has 232 valence electrons. The van der Waals surface area contributed by atoms with Gasteiger partial charge in [-0.2, -0.15) is 5.10 Å². The van der Waals surface area contributed by atoms with Crippen LogP contribution in [0.2, 0.25) is 0 Å². The van der Waals surface area contributed by atoms with Crippen LogP contribution >= 0.6 is 47.8 Å². The lowest BCUT2D eigenvalue weighted by atomic mass is 10.2. The highest BCUT2D eigenvalue weighted by Crippen LogP contribution is 2.37. The quantitative estimate of drug-likeness (QED) is 0.101. The minimum Gasteiger partial charge on any atom is -0.490 e. The molecule has 0 saturated carbocycles. The lowest BCUT2D eigenvalue weighted by molar-refractivity contribution is 0.0923. The summed E-state index contributed by atoms with van der Waals surface area (Å²) in [5, 5.41) is 4.10. The van der Waals surface area contributed by atoms with E-state index in [1.807, 2.05) is 55.5 Å². The van der Waals surface area contributed by atoms with Gasteiger partial charge in [-0.15, -0.1) is 0 Å². The average Bonchev–Trinajstić information content (AvgIpc) is 3.63. The number of hydrogen-bond acceptors (Lipinski definition) is 6. The van der Waals surface area contributed by atoms with Crippen molar-refractivity contribution in [1.82, 2.24) is 9.99 Å². The van der Waals surface area contributed by atoms with Crippen LogP contribution in [0.4, 0.5) is 0 Å². The van der Waals surface area contributed by atoms with Crippen molar-refractivity contribution < 1.29 is 23.4 Å². The van der Waals surface area contributed by atoms with Crippen molar-refractivity contribution in [2.45, 2.75) is 34.0 Å². The molecule has 0 aliphatic heterocycles. The third-order valence-electron chi connectivity index (χ3n) is 6.73. The molecule has 0 radical (unpaired) electrons. The number of halogens is 3. The van der Waals surface area contributed by atoms with Crippen molar-refractivity contribution in [1.29, 1.82) is 0 Å². The number of nitrogens with zero attached hydrogens (tertiary/aromatic N) is 2. The smallest absolute Gasteiger partial charge is 0.307 e. The molecule has 45 heavy (non-hydrogen) atoms. The van der Waals surface area contributed by atoms with Gasteiger partial charge in [0.25, 0.3) is 0 Å². The third-order valence-corrected chi connectivity index (χ3v) is 8.55. The van der Waals surface area contributed by atoms with E-state index in [1.165, 1.54) is 17.6 Å². The lowest BCUT2D eigenvalue weighted by Crippen LogP contribution is -2.16. The summed E-state index contributed by atoms with van der Waals surface area (Å²) in [4.78, 5) is 12.7. The fraction of sp³-hybridized carbons (Fsp3) is 0.176. The summed E-state index contributed by atoms with van der Waals surface area (Å²) in [6.45, 7) is 7.01. The van der Waals surface area contributed by atoms with Crippen LogP contribution < -0.4 is 19.6 Å². The van der Waals surface area contributed by atoms with Gasteiger partial charge in [0.1, 0.15) is 24.7 Å². The van der Waals surface area contributed by atoms with Crippen LogP contribution in [0, 0.1) is 13.8 Å². The number of aryl methyl sites for hydroxylation is 2. The first kappa shape index (κ1) is 32.6. The Morgan fingerprint density at radius 3 is 2.33 bits per heavy atom. The summed E-state index contributed by atoms with van der Waals surface area (Å²) in [6.07, 6.45) is 1.52. The molecule has 0 fully saturated rings. The highest BCUT2D eigenvalue weighted by Gasteiger charge is 2.14. The first-order valence-electron chi connectivity index (χ1n) is 14.0. The van der Waals surface area contributed by atoms with E-state index >= 15 is 0 Å². The number of amides is 1. The first-order valence-corrected chi connectivity index (χ1v) is 16.4. The Morgan fingerprint density at radius 2 is 1.62 bits per heavy atom. The molecular weight excluding hydrogens is 770 g/mol. The SMILES string of the molecule is CCOc1cc(/C=N/NC(=O)c2ccc(COc3ccc(-n4c(C)ccc4C)cc3)o2)cc(Br)c1OCc1ccc(Br)cc1Br. The number of hydrogen-bond donors (Lipinski definition) is 1. The van der Waals surface area contributed by atoms with Crippen LogP contribution in [0.3, 0.4) is 0 Å². The van der Waals surface area contributed by atoms with Crippen molar-refractivity contribution >= 4 is 59.9 Å². The molecule has 0 saturated heterocycles. The molecule has 2 heterocycles. The molecule has 2 aromatic heterocycles. The van der Waals surface area contributed by atoms with E-state index in [2.05, 4.69) is 88.9 Å². The number of hydrazone groups is 1. The fourth-order valence-electron chi connectivity index (χ4n) is 4.57. The Morgan fingerprint density at radius 1 is 0.867 bits per heavy atom. The zero-order valence-corrected chi connectivity index (χ0v) is 29.5. The molecule has 11 heteroatoms. The maximum atomic E-state index is 12.7. The standard InChI is InChI=1S/C34H30Br3N3O5/c1-4-42-32-16-23(15-30(37)33(32)44-19-24-7-8-25(35)17-29(24)36)18-38-39-34(41)31-14-13-28(45-31)20-43-27-11-9-26(10-12-27)40-21(2)5-6-22(40)3/h5-18H,4,19-20H2,1-3H3,(H,39,41)/b38-18+. The van der Waals surface area contributed by atoms with Crippen LogP contribution in [-0.2, 0) is 13.2 Å². The first-order chi connectivity index (χ1) is 21.7. The van der Waals surface area contributed by atoms with Crippen LogP contribution in [0.15, 0.2) is 102 Å². The topological polar surface area (TPSA) is 87.2 Å². The summed E-state index contributed by atoms with van der Waals surface area (Å²) in [6, 6.07) is 24.8. The van der Waals surface area contributed by atoms with Gasteiger partial charge in [-0.3, -0.25) is 4.79 Å². The number of rotatable bonds is 12. The van der Waals surface area contributed by atoms with Gasteiger partial charge in [-0.1, -0.05) is 37.9 Å². The second-order valence-electron chi connectivity index (χ2n) is 9.99. The average molecular weight is 800 g/mol. The van der Waals surface area contributed by atoms with Crippen molar-refractivity contribution in [2.75, 3.05) is 6.61 Å². The van der Waals surface area contributed by atoms with E-state index in [4.69, 9.17) is 18.6 Å². The van der Waals surface area contributed by atoms with Gasteiger partial charge in [0.05, 0.1) is 17.3 Å². The zero-order chi connectivity index (χ0) is 31.9. The predicted octanol–water partition coefficient (Wildman–Crippen LogP) is 9.30. The molecule has 5 aromatic rings. The van der Waals surface area contributed by atoms with Crippen molar-refractivity contribution in [2.24, 2.45) is 5.10 Å². The molecule has 0 spiro atoms. The van der Waals surface area contributed by atoms with Gasteiger partial charge in [-0.05, 0) is 115 Å². The van der Waals surface area contributed by atoms with Crippen molar-refractivity contribution in [3.05, 3.63) is 126 Å². The Bertz CT molecular complexity index is 1810. The number of carbonyl (C=O) groups is 1. The van der Waals surface area contributed by atoms with Crippen molar-refractivity contribution in [3.63, 3.8) is 0 Å². The number of benzene rings is 3. The summed E-state index contributed by atoms with van der Waals surface area (Å²) in [7, 11) is 0. The highest BCUT2D eigenvalue weighted by atomic mass is 79.9. The van der Waals surface area contributed by atoms with E-state index in [-0.39, 0.29) is 12.4 Å². The molecule has 8 nitrogen and oxygen atoms in total. The largest absolute Gasteiger partial charge is 0.490 e. The minimum absolute atomic E-state index is 0.124. The zero-order valence-electron chi connectivity index (χ0n) is 24.8. The van der Waals surface area contributed by atoms with Gasteiger partial charge in [0, 0.05) is 31.6 Å². The summed E-state index contributed by atoms with van der Waals surface area (Å²) in [5.41, 5.74) is 7.59. The minimum atomic E-state index is -0.483. The van der Waals surface area contributed by atoms with E-state index < -0.39 is 5.91 Å². The maximum absolute atomic E-state index is 12.7. The Kier molecular flexibility index (Phi) is 10.9. The number of furan rings is 1. The summed E-state index contributed by atoms with van der Waals surface area (Å²) >= 11 is 10.6. The molecular formula is C34H30Br3N3O5. The molecule has 0 aliphatic rings. The highest BCUT2D eigenvalue weighted by molar-refractivity contribution is 9.11. The van der Waals surface area contributed by atoms with Crippen LogP contribution in [0.25, 0.3) is 5.69 Å². The van der Waals surface area contributed by atoms with Gasteiger partial charge in [-0.25, -0.2) is 5.43 Å². The van der Waals surface area contributed by atoms with Gasteiger partial charge >= 0.3 is 5.91 Å². The van der Waals surface area contributed by atoms with Crippen LogP contribution in [-0.4, -0.2) is 23.3 Å². The molecule has 1 N–H and O–H groups in total. The molecule has 1 amide bonds. The second-order valence-corrected chi connectivity index (χ2v) is 12.6. The monoisotopic (exact) mass is 797 g/mol. The van der Waals surface area contributed by atoms with Crippen molar-refractivity contribution in [3.8, 4) is 22.9 Å². The third kappa shape index (κ3) is 8.27. The normalized spacial score (nSPS) is 11.2. The maximum Gasteiger partial charge on any atom is 0.307 e. The Hall–Kier alpha value is -3.80. The van der Waals surface area contributed by atoms with E-state index in [0.29, 0.717) is 46.3 Å². The van der Waals surface area contributed by atoms with E-state index in [1.54, 1.807) is 18.2 Å². The molecule has 0 aliphatic carbocycles. The van der Waals surface area contributed by atoms with Crippen LogP contribution in [0.5, 0.6) is 17.2 Å². The van der Waals surface area contributed by atoms with Gasteiger partial charge in [0.15, 0.2) is 17.3 Å². The number of aromatic nitrogens is 1.